The highest BCUT2D eigenvalue weighted by atomic mass is 28.4. The minimum absolute atomic E-state index is 0.482. The van der Waals surface area contributed by atoms with Crippen molar-refractivity contribution in [3.05, 3.63) is 64.9 Å². The van der Waals surface area contributed by atoms with Gasteiger partial charge in [-0.2, -0.15) is 0 Å². The number of aliphatic hydroxyl groups is 1. The number of rotatable bonds is 10. The molecule has 0 fully saturated rings. The third kappa shape index (κ3) is 4.22. The van der Waals surface area contributed by atoms with Crippen molar-refractivity contribution in [2.75, 3.05) is 19.8 Å². The highest BCUT2D eigenvalue weighted by Gasteiger charge is 2.53. The lowest BCUT2D eigenvalue weighted by atomic mass is 9.89. The van der Waals surface area contributed by atoms with Crippen molar-refractivity contribution in [1.29, 1.82) is 0 Å². The molecule has 0 amide bonds. The van der Waals surface area contributed by atoms with E-state index in [-0.39, 0.29) is 0 Å². The first-order chi connectivity index (χ1) is 15.1. The second kappa shape index (κ2) is 9.42. The smallest absolute Gasteiger partial charge is 0.389 e. The molecule has 1 unspecified atom stereocenters. The van der Waals surface area contributed by atoms with Crippen molar-refractivity contribution in [2.24, 2.45) is 0 Å². The summed E-state index contributed by atoms with van der Waals surface area (Å²) >= 11 is 0. The Balaban J connectivity index is 1.60. The van der Waals surface area contributed by atoms with Crippen LogP contribution in [0, 0.1) is 0 Å². The fraction of sp³-hybridized carbons (Fsp3) is 0.391. The van der Waals surface area contributed by atoms with Gasteiger partial charge in [-0.15, -0.1) is 5.10 Å². The van der Waals surface area contributed by atoms with Crippen molar-refractivity contribution in [3.63, 3.8) is 0 Å². The molecule has 1 aliphatic rings. The van der Waals surface area contributed by atoms with Gasteiger partial charge in [0, 0.05) is 25.0 Å². The van der Waals surface area contributed by atoms with Gasteiger partial charge in [-0.1, -0.05) is 35.1 Å². The lowest BCUT2D eigenvalue weighted by molar-refractivity contribution is 0.0653. The van der Waals surface area contributed by atoms with Crippen LogP contribution in [-0.2, 0) is 19.7 Å². The molecule has 1 atom stereocenters. The quantitative estimate of drug-likeness (QED) is 0.486. The molecule has 4 rings (SSSR count). The van der Waals surface area contributed by atoms with Crippen LogP contribution < -0.4 is 0 Å². The lowest BCUT2D eigenvalue weighted by Crippen LogP contribution is -2.55. The van der Waals surface area contributed by atoms with Crippen LogP contribution in [0.5, 0.6) is 0 Å². The molecular weight excluding hydrogens is 410 g/mol. The number of aliphatic hydroxyl groups excluding tert-OH is 1. The van der Waals surface area contributed by atoms with E-state index in [1.54, 1.807) is 0 Å². The summed E-state index contributed by atoms with van der Waals surface area (Å²) in [6.07, 6.45) is 0.784. The second-order valence-corrected chi connectivity index (χ2v) is 9.94. The van der Waals surface area contributed by atoms with Gasteiger partial charge in [0.15, 0.2) is 0 Å². The van der Waals surface area contributed by atoms with Crippen LogP contribution in [-0.4, -0.2) is 54.8 Å². The van der Waals surface area contributed by atoms with E-state index in [1.807, 2.05) is 61.9 Å². The van der Waals surface area contributed by atoms with E-state index in [2.05, 4.69) is 22.4 Å². The molecule has 3 aromatic rings. The van der Waals surface area contributed by atoms with E-state index in [1.165, 1.54) is 0 Å². The molecule has 0 saturated heterocycles. The standard InChI is InChI=1S/C23H29N3O4Si/c1-4-28-31(29-5-2,30-6-3)23-18(16-22(23)27)15-17-11-13-19(14-12-17)26-21-10-8-7-9-20(21)24-25-26/h7-14,22,27H,4-6,15-16H2,1-3H3. The maximum atomic E-state index is 10.6. The van der Waals surface area contributed by atoms with Gasteiger partial charge in [-0.3, -0.25) is 0 Å². The van der Waals surface area contributed by atoms with Gasteiger partial charge in [0.1, 0.15) is 5.52 Å². The van der Waals surface area contributed by atoms with Gasteiger partial charge in [-0.05, 0) is 63.4 Å². The summed E-state index contributed by atoms with van der Waals surface area (Å²) in [5, 5.41) is 19.9. The number of fused-ring (bicyclic) bond motifs is 1. The highest BCUT2D eigenvalue weighted by Crippen LogP contribution is 2.39. The summed E-state index contributed by atoms with van der Waals surface area (Å²) in [5.74, 6) is 0. The number of aromatic nitrogens is 3. The monoisotopic (exact) mass is 439 g/mol. The molecule has 0 saturated carbocycles. The van der Waals surface area contributed by atoms with Crippen molar-refractivity contribution in [1.82, 2.24) is 15.0 Å². The Morgan fingerprint density at radius 2 is 1.61 bits per heavy atom. The zero-order valence-electron chi connectivity index (χ0n) is 18.2. The summed E-state index contributed by atoms with van der Waals surface area (Å²) in [6.45, 7) is 7.23. The Labute approximate surface area is 183 Å². The summed E-state index contributed by atoms with van der Waals surface area (Å²) in [5.41, 5.74) is 5.10. The molecule has 2 aromatic carbocycles. The molecule has 31 heavy (non-hydrogen) atoms. The van der Waals surface area contributed by atoms with Crippen LogP contribution >= 0.6 is 0 Å². The average Bonchev–Trinajstić information content (AvgIpc) is 3.18. The fourth-order valence-electron chi connectivity index (χ4n) is 4.13. The van der Waals surface area contributed by atoms with Gasteiger partial charge in [0.2, 0.25) is 0 Å². The van der Waals surface area contributed by atoms with E-state index in [0.717, 1.165) is 39.5 Å². The summed E-state index contributed by atoms with van der Waals surface area (Å²) < 4.78 is 19.9. The van der Waals surface area contributed by atoms with E-state index < -0.39 is 14.9 Å². The van der Waals surface area contributed by atoms with Crippen LogP contribution in [0.25, 0.3) is 16.7 Å². The Kier molecular flexibility index (Phi) is 6.64. The number of hydrogen-bond acceptors (Lipinski definition) is 6. The Morgan fingerprint density at radius 1 is 0.968 bits per heavy atom. The number of para-hydroxylation sites is 1. The Hall–Kier alpha value is -2.36. The molecule has 0 aliphatic heterocycles. The molecule has 0 radical (unpaired) electrons. The van der Waals surface area contributed by atoms with E-state index >= 15 is 0 Å². The van der Waals surface area contributed by atoms with Crippen LogP contribution in [0.15, 0.2) is 59.3 Å². The maximum Gasteiger partial charge on any atom is 0.535 e. The molecule has 0 bridgehead atoms. The molecule has 1 N–H and O–H groups in total. The lowest BCUT2D eigenvalue weighted by Gasteiger charge is -2.40. The van der Waals surface area contributed by atoms with Gasteiger partial charge < -0.3 is 18.4 Å². The fourth-order valence-corrected chi connectivity index (χ4v) is 7.12. The molecule has 164 valence electrons. The van der Waals surface area contributed by atoms with E-state index in [0.29, 0.717) is 26.2 Å². The predicted octanol–water partition coefficient (Wildman–Crippen LogP) is 3.61. The summed E-state index contributed by atoms with van der Waals surface area (Å²) in [7, 11) is -3.07. The number of benzene rings is 2. The van der Waals surface area contributed by atoms with Crippen molar-refractivity contribution >= 4 is 19.8 Å². The zero-order chi connectivity index (χ0) is 21.8. The molecular formula is C23H29N3O4Si. The van der Waals surface area contributed by atoms with Gasteiger partial charge in [-0.25, -0.2) is 4.68 Å². The van der Waals surface area contributed by atoms with Crippen LogP contribution in [0.2, 0.25) is 0 Å². The van der Waals surface area contributed by atoms with Crippen molar-refractivity contribution in [3.8, 4) is 5.69 Å². The van der Waals surface area contributed by atoms with Gasteiger partial charge in [0.25, 0.3) is 0 Å². The summed E-state index contributed by atoms with van der Waals surface area (Å²) in [4.78, 5) is 0. The third-order valence-electron chi connectivity index (χ3n) is 5.44. The number of hydrogen-bond donors (Lipinski definition) is 1. The second-order valence-electron chi connectivity index (χ2n) is 7.43. The van der Waals surface area contributed by atoms with Gasteiger partial charge in [0.05, 0.1) is 17.3 Å². The van der Waals surface area contributed by atoms with Crippen molar-refractivity contribution in [2.45, 2.75) is 39.7 Å². The van der Waals surface area contributed by atoms with Gasteiger partial charge >= 0.3 is 8.80 Å². The molecule has 1 heterocycles. The van der Waals surface area contributed by atoms with Crippen LogP contribution in [0.4, 0.5) is 0 Å². The van der Waals surface area contributed by atoms with Crippen molar-refractivity contribution < 1.29 is 18.4 Å². The topological polar surface area (TPSA) is 78.6 Å². The first-order valence-corrected chi connectivity index (χ1v) is 12.6. The summed E-state index contributed by atoms with van der Waals surface area (Å²) in [6, 6.07) is 16.2. The predicted molar refractivity (Wildman–Crippen MR) is 121 cm³/mol. The van der Waals surface area contributed by atoms with E-state index in [9.17, 15) is 5.11 Å². The third-order valence-corrected chi connectivity index (χ3v) is 8.79. The molecule has 8 heteroatoms. The SMILES string of the molecule is CCO[Si](OCC)(OCC)C1=C(Cc2ccc(-n3nnc4ccccc43)cc2)CC1O. The highest BCUT2D eigenvalue weighted by molar-refractivity contribution is 6.69. The zero-order valence-corrected chi connectivity index (χ0v) is 19.2. The minimum Gasteiger partial charge on any atom is -0.389 e. The molecule has 7 nitrogen and oxygen atoms in total. The Bertz CT molecular complexity index is 1050. The molecule has 1 aromatic heterocycles. The van der Waals surface area contributed by atoms with Crippen LogP contribution in [0.3, 0.4) is 0 Å². The van der Waals surface area contributed by atoms with E-state index in [4.69, 9.17) is 13.3 Å². The average molecular weight is 440 g/mol. The minimum atomic E-state index is -3.07. The Morgan fingerprint density at radius 3 is 2.23 bits per heavy atom. The first kappa shape index (κ1) is 21.9. The maximum absolute atomic E-state index is 10.6. The first-order valence-electron chi connectivity index (χ1n) is 10.8. The largest absolute Gasteiger partial charge is 0.535 e. The molecule has 1 aliphatic carbocycles. The molecule has 0 spiro atoms. The normalized spacial score (nSPS) is 16.7. The van der Waals surface area contributed by atoms with Crippen LogP contribution in [0.1, 0.15) is 32.8 Å². The number of nitrogens with zero attached hydrogens (tertiary/aromatic N) is 3.